The summed E-state index contributed by atoms with van der Waals surface area (Å²) in [5, 5.41) is 0. The van der Waals surface area contributed by atoms with Gasteiger partial charge < -0.3 is 9.47 Å². The molecule has 1 aliphatic carbocycles. The molecule has 0 N–H and O–H groups in total. The fraction of sp³-hybridized carbons (Fsp3) is 0.588. The van der Waals surface area contributed by atoms with Gasteiger partial charge in [0, 0.05) is 19.1 Å². The van der Waals surface area contributed by atoms with Gasteiger partial charge in [-0.2, -0.15) is 0 Å². The van der Waals surface area contributed by atoms with E-state index in [0.717, 1.165) is 55.6 Å². The molecule has 1 saturated carbocycles. The number of hydrogen-bond donors (Lipinski definition) is 0. The second kappa shape index (κ2) is 5.57. The molecule has 1 aromatic carbocycles. The molecule has 0 unspecified atom stereocenters. The van der Waals surface area contributed by atoms with Crippen molar-refractivity contribution in [2.24, 2.45) is 0 Å². The summed E-state index contributed by atoms with van der Waals surface area (Å²) in [5.41, 5.74) is 1.32. The van der Waals surface area contributed by atoms with Crippen molar-refractivity contribution in [1.82, 2.24) is 0 Å². The van der Waals surface area contributed by atoms with E-state index in [1.165, 1.54) is 12.8 Å². The van der Waals surface area contributed by atoms with E-state index in [1.54, 1.807) is 7.11 Å². The average molecular weight is 274 g/mol. The lowest BCUT2D eigenvalue weighted by molar-refractivity contribution is -0.00692. The van der Waals surface area contributed by atoms with E-state index in [4.69, 9.17) is 9.47 Å². The van der Waals surface area contributed by atoms with Crippen molar-refractivity contribution in [3.05, 3.63) is 29.3 Å². The number of benzene rings is 1. The van der Waals surface area contributed by atoms with E-state index >= 15 is 0 Å². The maximum Gasteiger partial charge on any atom is 0.194 e. The number of ether oxygens (including phenoxy) is 2. The first kappa shape index (κ1) is 13.6. The molecule has 20 heavy (non-hydrogen) atoms. The first-order chi connectivity index (χ1) is 9.75. The predicted molar refractivity (Wildman–Crippen MR) is 77.4 cm³/mol. The van der Waals surface area contributed by atoms with Gasteiger partial charge in [0.2, 0.25) is 0 Å². The van der Waals surface area contributed by atoms with Crippen molar-refractivity contribution in [2.45, 2.75) is 50.5 Å². The molecule has 1 aromatic rings. The Balaban J connectivity index is 1.89. The molecule has 3 nitrogen and oxygen atoms in total. The van der Waals surface area contributed by atoms with Crippen molar-refractivity contribution in [1.29, 1.82) is 0 Å². The lowest BCUT2D eigenvalue weighted by atomic mass is 9.85. The van der Waals surface area contributed by atoms with Crippen LogP contribution in [0.5, 0.6) is 5.75 Å². The zero-order chi connectivity index (χ0) is 14.0. The normalized spacial score (nSPS) is 20.9. The standard InChI is InChI=1S/C17H22O3/c1-19-17(9-4-2-3-5-10-17)16(18)14-6-7-15-13(12-14)8-11-20-15/h6-7,12H,2-5,8-11H2,1H3. The van der Waals surface area contributed by atoms with Gasteiger partial charge in [0.15, 0.2) is 5.78 Å². The number of carbonyl (C=O) groups excluding carboxylic acids is 1. The van der Waals surface area contributed by atoms with E-state index < -0.39 is 5.60 Å². The lowest BCUT2D eigenvalue weighted by Gasteiger charge is -2.30. The van der Waals surface area contributed by atoms with E-state index in [9.17, 15) is 4.79 Å². The van der Waals surface area contributed by atoms with Crippen LogP contribution in [-0.2, 0) is 11.2 Å². The topological polar surface area (TPSA) is 35.5 Å². The molecule has 0 aromatic heterocycles. The van der Waals surface area contributed by atoms with Gasteiger partial charge in [0.05, 0.1) is 6.61 Å². The third-order valence-corrected chi connectivity index (χ3v) is 4.67. The second-order valence-electron chi connectivity index (χ2n) is 5.86. The third-order valence-electron chi connectivity index (χ3n) is 4.67. The summed E-state index contributed by atoms with van der Waals surface area (Å²) in [5.74, 6) is 1.07. The number of ketones is 1. The van der Waals surface area contributed by atoms with Crippen LogP contribution in [0.25, 0.3) is 0 Å². The van der Waals surface area contributed by atoms with E-state index in [0.29, 0.717) is 0 Å². The third kappa shape index (κ3) is 2.35. The molecule has 0 bridgehead atoms. The predicted octanol–water partition coefficient (Wildman–Crippen LogP) is 3.54. The highest BCUT2D eigenvalue weighted by molar-refractivity contribution is 6.02. The van der Waals surface area contributed by atoms with Gasteiger partial charge in [0.1, 0.15) is 11.4 Å². The molecule has 3 heteroatoms. The largest absolute Gasteiger partial charge is 0.493 e. The number of methoxy groups -OCH3 is 1. The smallest absolute Gasteiger partial charge is 0.194 e. The van der Waals surface area contributed by atoms with Gasteiger partial charge in [-0.3, -0.25) is 4.79 Å². The molecule has 3 rings (SSSR count). The zero-order valence-corrected chi connectivity index (χ0v) is 12.1. The molecule has 108 valence electrons. The number of fused-ring (bicyclic) bond motifs is 1. The molecule has 1 heterocycles. The van der Waals surface area contributed by atoms with Crippen LogP contribution in [0.3, 0.4) is 0 Å². The van der Waals surface area contributed by atoms with E-state index in [1.807, 2.05) is 18.2 Å². The van der Waals surface area contributed by atoms with Crippen LogP contribution in [0.15, 0.2) is 18.2 Å². The number of Topliss-reactive ketones (excluding diaryl/α,β-unsaturated/α-hetero) is 1. The minimum absolute atomic E-state index is 0.150. The van der Waals surface area contributed by atoms with Gasteiger partial charge in [-0.15, -0.1) is 0 Å². The van der Waals surface area contributed by atoms with E-state index in [-0.39, 0.29) is 5.78 Å². The second-order valence-corrected chi connectivity index (χ2v) is 5.86. The summed E-state index contributed by atoms with van der Waals surface area (Å²) in [4.78, 5) is 12.9. The fourth-order valence-corrected chi connectivity index (χ4v) is 3.41. The maximum atomic E-state index is 12.9. The van der Waals surface area contributed by atoms with Gasteiger partial charge in [-0.05, 0) is 36.6 Å². The summed E-state index contributed by atoms with van der Waals surface area (Å²) >= 11 is 0. The Kier molecular flexibility index (Phi) is 3.79. The molecular formula is C17H22O3. The summed E-state index contributed by atoms with van der Waals surface area (Å²) in [7, 11) is 1.68. The molecule has 1 fully saturated rings. The van der Waals surface area contributed by atoms with Crippen LogP contribution in [0.4, 0.5) is 0 Å². The lowest BCUT2D eigenvalue weighted by Crippen LogP contribution is -2.40. The Bertz CT molecular complexity index is 499. The van der Waals surface area contributed by atoms with Crippen LogP contribution < -0.4 is 4.74 Å². The minimum Gasteiger partial charge on any atom is -0.493 e. The Morgan fingerprint density at radius 2 is 1.95 bits per heavy atom. The summed E-state index contributed by atoms with van der Waals surface area (Å²) < 4.78 is 11.2. The molecule has 2 aliphatic rings. The van der Waals surface area contributed by atoms with Crippen LogP contribution in [0, 0.1) is 0 Å². The van der Waals surface area contributed by atoms with Crippen LogP contribution in [-0.4, -0.2) is 25.1 Å². The quantitative estimate of drug-likeness (QED) is 0.624. The van der Waals surface area contributed by atoms with Crippen molar-refractivity contribution in [3.8, 4) is 5.75 Å². The molecular weight excluding hydrogens is 252 g/mol. The molecule has 0 atom stereocenters. The fourth-order valence-electron chi connectivity index (χ4n) is 3.41. The highest BCUT2D eigenvalue weighted by atomic mass is 16.5. The van der Waals surface area contributed by atoms with Gasteiger partial charge in [-0.1, -0.05) is 25.7 Å². The van der Waals surface area contributed by atoms with Gasteiger partial charge in [-0.25, -0.2) is 0 Å². The van der Waals surface area contributed by atoms with Crippen molar-refractivity contribution in [2.75, 3.05) is 13.7 Å². The molecule has 0 amide bonds. The SMILES string of the molecule is COC1(C(=O)c2ccc3c(c2)CCO3)CCCCCC1. The number of carbonyl (C=O) groups is 1. The van der Waals surface area contributed by atoms with Crippen molar-refractivity contribution in [3.63, 3.8) is 0 Å². The Morgan fingerprint density at radius 3 is 2.65 bits per heavy atom. The average Bonchev–Trinajstić information content (AvgIpc) is 2.81. The Morgan fingerprint density at radius 1 is 1.20 bits per heavy atom. The highest BCUT2D eigenvalue weighted by Gasteiger charge is 2.39. The summed E-state index contributed by atoms with van der Waals surface area (Å²) in [6.45, 7) is 0.725. The molecule has 0 saturated heterocycles. The van der Waals surface area contributed by atoms with Crippen molar-refractivity contribution >= 4 is 5.78 Å². The molecule has 1 aliphatic heterocycles. The van der Waals surface area contributed by atoms with Crippen molar-refractivity contribution < 1.29 is 14.3 Å². The van der Waals surface area contributed by atoms with E-state index in [2.05, 4.69) is 0 Å². The van der Waals surface area contributed by atoms with Crippen LogP contribution in [0.2, 0.25) is 0 Å². The number of hydrogen-bond acceptors (Lipinski definition) is 3. The first-order valence-corrected chi connectivity index (χ1v) is 7.61. The highest BCUT2D eigenvalue weighted by Crippen LogP contribution is 2.34. The first-order valence-electron chi connectivity index (χ1n) is 7.61. The summed E-state index contributed by atoms with van der Waals surface area (Å²) in [6, 6.07) is 5.81. The van der Waals surface area contributed by atoms with Crippen LogP contribution in [0.1, 0.15) is 54.4 Å². The Hall–Kier alpha value is -1.35. The van der Waals surface area contributed by atoms with Crippen LogP contribution >= 0.6 is 0 Å². The minimum atomic E-state index is -0.607. The molecule has 0 spiro atoms. The number of rotatable bonds is 3. The van der Waals surface area contributed by atoms with Gasteiger partial charge in [0.25, 0.3) is 0 Å². The molecule has 0 radical (unpaired) electrons. The zero-order valence-electron chi connectivity index (χ0n) is 12.1. The maximum absolute atomic E-state index is 12.9. The Labute approximate surface area is 120 Å². The summed E-state index contributed by atoms with van der Waals surface area (Å²) in [6.07, 6.45) is 7.15. The van der Waals surface area contributed by atoms with Gasteiger partial charge >= 0.3 is 0 Å². The monoisotopic (exact) mass is 274 g/mol.